The molecule has 7 heteroatoms. The van der Waals surface area contributed by atoms with Crippen molar-refractivity contribution in [1.82, 2.24) is 15.5 Å². The highest BCUT2D eigenvalue weighted by atomic mass is 16.2. The molecule has 0 spiro atoms. The van der Waals surface area contributed by atoms with E-state index in [4.69, 9.17) is 0 Å². The Morgan fingerprint density at radius 1 is 1.15 bits per heavy atom. The molecule has 1 aromatic rings. The molecule has 2 aliphatic heterocycles. The molecule has 3 amide bonds. The Kier molecular flexibility index (Phi) is 5.88. The third kappa shape index (κ3) is 4.60. The third-order valence-corrected chi connectivity index (χ3v) is 5.20. The number of likely N-dealkylation sites (tertiary alicyclic amines) is 1. The molecule has 0 saturated carbocycles. The average molecular weight is 358 g/mol. The fraction of sp³-hybridized carbons (Fsp3) is 0.526. The predicted octanol–water partition coefficient (Wildman–Crippen LogP) is 0.829. The minimum Gasteiger partial charge on any atom is -0.374 e. The van der Waals surface area contributed by atoms with Crippen molar-refractivity contribution in [3.63, 3.8) is 0 Å². The van der Waals surface area contributed by atoms with Crippen LogP contribution in [-0.2, 0) is 14.4 Å². The van der Waals surface area contributed by atoms with Crippen molar-refractivity contribution >= 4 is 23.4 Å². The van der Waals surface area contributed by atoms with E-state index in [1.165, 1.54) is 5.56 Å². The molecular formula is C19H26N4O3. The number of imide groups is 1. The molecule has 0 bridgehead atoms. The number of nitrogens with one attached hydrogen (secondary N) is 3. The van der Waals surface area contributed by atoms with Gasteiger partial charge in [-0.1, -0.05) is 12.1 Å². The van der Waals surface area contributed by atoms with Crippen LogP contribution in [0.15, 0.2) is 24.3 Å². The van der Waals surface area contributed by atoms with Gasteiger partial charge in [0.25, 0.3) is 0 Å². The van der Waals surface area contributed by atoms with E-state index in [1.807, 2.05) is 12.1 Å². The van der Waals surface area contributed by atoms with Gasteiger partial charge in [-0.2, -0.15) is 0 Å². The number of rotatable bonds is 5. The van der Waals surface area contributed by atoms with Crippen LogP contribution in [-0.4, -0.2) is 55.3 Å². The number of hydrogen-bond donors (Lipinski definition) is 3. The largest absolute Gasteiger partial charge is 0.374 e. The zero-order valence-corrected chi connectivity index (χ0v) is 15.1. The molecule has 2 fully saturated rings. The van der Waals surface area contributed by atoms with Gasteiger partial charge < -0.3 is 10.6 Å². The number of amides is 3. The molecule has 2 aliphatic rings. The molecule has 2 saturated heterocycles. The minimum absolute atomic E-state index is 0.0623. The maximum absolute atomic E-state index is 11.8. The van der Waals surface area contributed by atoms with Gasteiger partial charge in [-0.3, -0.25) is 24.6 Å². The van der Waals surface area contributed by atoms with Crippen molar-refractivity contribution < 1.29 is 14.4 Å². The van der Waals surface area contributed by atoms with Crippen LogP contribution < -0.4 is 16.0 Å². The van der Waals surface area contributed by atoms with Gasteiger partial charge in [0.15, 0.2) is 0 Å². The molecule has 3 rings (SSSR count). The smallest absolute Gasteiger partial charge is 0.249 e. The van der Waals surface area contributed by atoms with Crippen molar-refractivity contribution in [3.8, 4) is 0 Å². The Morgan fingerprint density at radius 2 is 1.85 bits per heavy atom. The van der Waals surface area contributed by atoms with E-state index in [1.54, 1.807) is 7.05 Å². The number of benzene rings is 1. The normalized spacial score (nSPS) is 22.0. The number of piperidine rings is 2. The van der Waals surface area contributed by atoms with Crippen LogP contribution in [0.1, 0.15) is 37.2 Å². The summed E-state index contributed by atoms with van der Waals surface area (Å²) in [4.78, 5) is 36.7. The van der Waals surface area contributed by atoms with Gasteiger partial charge in [0.05, 0.1) is 6.54 Å². The topological polar surface area (TPSA) is 90.5 Å². The Labute approximate surface area is 153 Å². The van der Waals surface area contributed by atoms with E-state index in [0.29, 0.717) is 25.3 Å². The number of carbonyl (C=O) groups excluding carboxylic acids is 3. The van der Waals surface area contributed by atoms with Crippen molar-refractivity contribution in [2.45, 2.75) is 37.6 Å². The fourth-order valence-corrected chi connectivity index (χ4v) is 3.59. The van der Waals surface area contributed by atoms with E-state index in [9.17, 15) is 14.4 Å². The minimum atomic E-state index is -0.355. The van der Waals surface area contributed by atoms with E-state index >= 15 is 0 Å². The lowest BCUT2D eigenvalue weighted by Gasteiger charge is -2.31. The second kappa shape index (κ2) is 8.31. The molecular weight excluding hydrogens is 332 g/mol. The highest BCUT2D eigenvalue weighted by molar-refractivity contribution is 6.01. The van der Waals surface area contributed by atoms with Gasteiger partial charge in [0.1, 0.15) is 6.04 Å². The molecule has 7 nitrogen and oxygen atoms in total. The van der Waals surface area contributed by atoms with Gasteiger partial charge in [0.2, 0.25) is 17.7 Å². The molecule has 1 aromatic carbocycles. The fourth-order valence-electron chi connectivity index (χ4n) is 3.59. The summed E-state index contributed by atoms with van der Waals surface area (Å²) in [5.74, 6) is 0.105. The van der Waals surface area contributed by atoms with Crippen molar-refractivity contribution in [1.29, 1.82) is 0 Å². The monoisotopic (exact) mass is 358 g/mol. The molecule has 2 heterocycles. The van der Waals surface area contributed by atoms with Gasteiger partial charge in [-0.15, -0.1) is 0 Å². The number of hydrogen-bond acceptors (Lipinski definition) is 5. The first-order valence-electron chi connectivity index (χ1n) is 9.18. The van der Waals surface area contributed by atoms with Crippen LogP contribution in [0.4, 0.5) is 5.69 Å². The molecule has 0 aliphatic carbocycles. The maximum Gasteiger partial charge on any atom is 0.249 e. The van der Waals surface area contributed by atoms with E-state index in [-0.39, 0.29) is 23.8 Å². The van der Waals surface area contributed by atoms with Gasteiger partial charge in [0, 0.05) is 19.2 Å². The molecule has 0 radical (unpaired) electrons. The number of nitrogens with zero attached hydrogens (tertiary/aromatic N) is 1. The summed E-state index contributed by atoms with van der Waals surface area (Å²) >= 11 is 0. The van der Waals surface area contributed by atoms with Crippen LogP contribution >= 0.6 is 0 Å². The quantitative estimate of drug-likeness (QED) is 0.678. The van der Waals surface area contributed by atoms with Crippen LogP contribution in [0.25, 0.3) is 0 Å². The van der Waals surface area contributed by atoms with Crippen LogP contribution in [0.5, 0.6) is 0 Å². The van der Waals surface area contributed by atoms with E-state index in [2.05, 4.69) is 33.0 Å². The highest BCUT2D eigenvalue weighted by Gasteiger charge is 2.26. The highest BCUT2D eigenvalue weighted by Crippen LogP contribution is 2.29. The SMILES string of the molecule is CNC(=O)CN1CCC(c2ccc(NC3CCC(=O)NC3=O)cc2)CC1. The van der Waals surface area contributed by atoms with Crippen molar-refractivity contribution in [2.75, 3.05) is 32.0 Å². The molecule has 0 aromatic heterocycles. The Hall–Kier alpha value is -2.41. The first-order valence-corrected chi connectivity index (χ1v) is 9.18. The summed E-state index contributed by atoms with van der Waals surface area (Å²) in [6.07, 6.45) is 2.97. The lowest BCUT2D eigenvalue weighted by molar-refractivity contribution is -0.133. The Morgan fingerprint density at radius 3 is 2.46 bits per heavy atom. The van der Waals surface area contributed by atoms with Gasteiger partial charge >= 0.3 is 0 Å². The molecule has 1 atom stereocenters. The van der Waals surface area contributed by atoms with Crippen molar-refractivity contribution in [3.05, 3.63) is 29.8 Å². The lowest BCUT2D eigenvalue weighted by atomic mass is 9.89. The summed E-state index contributed by atoms with van der Waals surface area (Å²) in [6.45, 7) is 2.32. The van der Waals surface area contributed by atoms with E-state index in [0.717, 1.165) is 31.6 Å². The second-order valence-corrected chi connectivity index (χ2v) is 6.99. The molecule has 140 valence electrons. The molecule has 1 unspecified atom stereocenters. The summed E-state index contributed by atoms with van der Waals surface area (Å²) in [5, 5.41) is 8.23. The predicted molar refractivity (Wildman–Crippen MR) is 98.7 cm³/mol. The molecule has 3 N–H and O–H groups in total. The standard InChI is InChI=1S/C19H26N4O3/c1-20-18(25)12-23-10-8-14(9-11-23)13-2-4-15(5-3-13)21-16-6-7-17(24)22-19(16)26/h2-5,14,16,21H,6-12H2,1H3,(H,20,25)(H,22,24,26). The van der Waals surface area contributed by atoms with Crippen molar-refractivity contribution in [2.24, 2.45) is 0 Å². The van der Waals surface area contributed by atoms with E-state index < -0.39 is 0 Å². The zero-order valence-electron chi connectivity index (χ0n) is 15.1. The van der Waals surface area contributed by atoms with Gasteiger partial charge in [-0.25, -0.2) is 0 Å². The number of carbonyl (C=O) groups is 3. The lowest BCUT2D eigenvalue weighted by Crippen LogP contribution is -2.47. The summed E-state index contributed by atoms with van der Waals surface area (Å²) in [5.41, 5.74) is 2.18. The summed E-state index contributed by atoms with van der Waals surface area (Å²) < 4.78 is 0. The zero-order chi connectivity index (χ0) is 18.5. The summed E-state index contributed by atoms with van der Waals surface area (Å²) in [7, 11) is 1.67. The van der Waals surface area contributed by atoms with Gasteiger partial charge in [-0.05, 0) is 56.0 Å². The summed E-state index contributed by atoms with van der Waals surface area (Å²) in [6, 6.07) is 7.85. The second-order valence-electron chi connectivity index (χ2n) is 6.99. The Balaban J connectivity index is 1.51. The van der Waals surface area contributed by atoms with Crippen LogP contribution in [0.3, 0.4) is 0 Å². The first-order chi connectivity index (χ1) is 12.5. The number of likely N-dealkylation sites (N-methyl/N-ethyl adjacent to an activating group) is 1. The number of anilines is 1. The third-order valence-electron chi connectivity index (χ3n) is 5.20. The first kappa shape index (κ1) is 18.4. The average Bonchev–Trinajstić information content (AvgIpc) is 2.65. The van der Waals surface area contributed by atoms with Crippen LogP contribution in [0.2, 0.25) is 0 Å². The maximum atomic E-state index is 11.8. The van der Waals surface area contributed by atoms with Crippen LogP contribution in [0, 0.1) is 0 Å². The Bertz CT molecular complexity index is 666. The molecule has 26 heavy (non-hydrogen) atoms.